The fourth-order valence-electron chi connectivity index (χ4n) is 5.55. The monoisotopic (exact) mass is 622 g/mol. The van der Waals surface area contributed by atoms with E-state index in [0.29, 0.717) is 19.3 Å². The Morgan fingerprint density at radius 1 is 0.844 bits per heavy atom. The van der Waals surface area contributed by atoms with Gasteiger partial charge in [-0.25, -0.2) is 4.79 Å². The molecule has 0 heterocycles. The molecule has 1 saturated carbocycles. The Hall–Kier alpha value is -3.92. The summed E-state index contributed by atoms with van der Waals surface area (Å²) in [6.07, 6.45) is 1.39. The number of hydrogen-bond acceptors (Lipinski definition) is 6. The van der Waals surface area contributed by atoms with Crippen molar-refractivity contribution in [1.29, 1.82) is 0 Å². The number of carbonyl (C=O) groups is 4. The van der Waals surface area contributed by atoms with Crippen LogP contribution in [0.5, 0.6) is 0 Å². The molecule has 1 aliphatic rings. The summed E-state index contributed by atoms with van der Waals surface area (Å²) in [6, 6.07) is 17.0. The predicted octanol–water partition coefficient (Wildman–Crippen LogP) is 3.86. The van der Waals surface area contributed by atoms with E-state index >= 15 is 0 Å². The van der Waals surface area contributed by atoms with Crippen molar-refractivity contribution in [2.24, 2.45) is 17.8 Å². The van der Waals surface area contributed by atoms with E-state index in [0.717, 1.165) is 24.0 Å². The zero-order chi connectivity index (χ0) is 33.0. The van der Waals surface area contributed by atoms with Gasteiger partial charge in [-0.1, -0.05) is 87.4 Å². The second-order valence-corrected chi connectivity index (χ2v) is 13.3. The lowest BCUT2D eigenvalue weighted by atomic mass is 9.77. The average Bonchev–Trinajstić information content (AvgIpc) is 3.01. The normalized spacial score (nSPS) is 18.6. The zero-order valence-corrected chi connectivity index (χ0v) is 27.2. The molecule has 246 valence electrons. The molecule has 0 aromatic heterocycles. The van der Waals surface area contributed by atoms with Crippen molar-refractivity contribution in [3.63, 3.8) is 0 Å². The molecule has 5 atom stereocenters. The third-order valence-corrected chi connectivity index (χ3v) is 7.95. The van der Waals surface area contributed by atoms with Crippen LogP contribution in [0.3, 0.4) is 0 Å². The number of aliphatic hydroxyl groups is 1. The molecule has 5 N–H and O–H groups in total. The maximum Gasteiger partial charge on any atom is 0.408 e. The van der Waals surface area contributed by atoms with Crippen LogP contribution in [0.15, 0.2) is 60.7 Å². The molecule has 0 saturated heterocycles. The van der Waals surface area contributed by atoms with Crippen molar-refractivity contribution < 1.29 is 29.0 Å². The third kappa shape index (κ3) is 11.8. The second-order valence-electron chi connectivity index (χ2n) is 13.3. The van der Waals surface area contributed by atoms with E-state index in [1.54, 1.807) is 13.8 Å². The molecule has 0 bridgehead atoms. The molecule has 4 amide bonds. The van der Waals surface area contributed by atoms with Gasteiger partial charge < -0.3 is 31.1 Å². The molecule has 2 aromatic rings. The van der Waals surface area contributed by atoms with E-state index in [9.17, 15) is 24.3 Å². The fourth-order valence-corrected chi connectivity index (χ4v) is 5.55. The summed E-state index contributed by atoms with van der Waals surface area (Å²) in [6.45, 7) is 9.30. The van der Waals surface area contributed by atoms with E-state index in [4.69, 9.17) is 4.74 Å². The first-order chi connectivity index (χ1) is 21.3. The van der Waals surface area contributed by atoms with Gasteiger partial charge in [-0.05, 0) is 57.1 Å². The minimum atomic E-state index is -1.14. The Morgan fingerprint density at radius 3 is 1.96 bits per heavy atom. The molecule has 0 aliphatic heterocycles. The molecule has 1 aliphatic carbocycles. The van der Waals surface area contributed by atoms with Gasteiger partial charge in [0.2, 0.25) is 17.7 Å². The van der Waals surface area contributed by atoms with E-state index in [1.807, 2.05) is 81.4 Å². The largest absolute Gasteiger partial charge is 0.445 e. The molecular formula is C35H50N4O6. The highest BCUT2D eigenvalue weighted by Gasteiger charge is 2.37. The maximum absolute atomic E-state index is 13.5. The lowest BCUT2D eigenvalue weighted by Gasteiger charge is -2.33. The maximum atomic E-state index is 13.5. The Labute approximate surface area is 267 Å². The SMILES string of the molecule is CC(C)[C@H](NC(=O)OCc1ccccc1)C(=O)N[C@@H](Cc1ccccc1)[C@H](O)CNC(=O)C1CCCCC1C(=O)NC(C)(C)C. The Kier molecular flexibility index (Phi) is 13.4. The van der Waals surface area contributed by atoms with Crippen LogP contribution in [-0.4, -0.2) is 59.2 Å². The van der Waals surface area contributed by atoms with Gasteiger partial charge >= 0.3 is 6.09 Å². The number of aliphatic hydroxyl groups excluding tert-OH is 1. The number of amides is 4. The van der Waals surface area contributed by atoms with Crippen LogP contribution < -0.4 is 21.3 Å². The summed E-state index contributed by atoms with van der Waals surface area (Å²) in [5.41, 5.74) is 1.30. The van der Waals surface area contributed by atoms with Crippen molar-refractivity contribution >= 4 is 23.8 Å². The predicted molar refractivity (Wildman–Crippen MR) is 173 cm³/mol. The van der Waals surface area contributed by atoms with Crippen LogP contribution in [0.4, 0.5) is 4.79 Å². The lowest BCUT2D eigenvalue weighted by molar-refractivity contribution is -0.137. The highest BCUT2D eigenvalue weighted by molar-refractivity contribution is 5.88. The molecule has 10 nitrogen and oxygen atoms in total. The molecule has 45 heavy (non-hydrogen) atoms. The summed E-state index contributed by atoms with van der Waals surface area (Å²) in [5.74, 6) is -2.09. The summed E-state index contributed by atoms with van der Waals surface area (Å²) in [5, 5.41) is 22.7. The molecule has 2 unspecified atom stereocenters. The first kappa shape index (κ1) is 35.6. The van der Waals surface area contributed by atoms with Crippen LogP contribution in [0.2, 0.25) is 0 Å². The van der Waals surface area contributed by atoms with E-state index < -0.39 is 47.6 Å². The van der Waals surface area contributed by atoms with Crippen molar-refractivity contribution in [2.75, 3.05) is 6.54 Å². The van der Waals surface area contributed by atoms with Gasteiger partial charge in [0.1, 0.15) is 12.6 Å². The van der Waals surface area contributed by atoms with Crippen molar-refractivity contribution in [3.8, 4) is 0 Å². The zero-order valence-electron chi connectivity index (χ0n) is 27.2. The average molecular weight is 623 g/mol. The third-order valence-electron chi connectivity index (χ3n) is 7.95. The van der Waals surface area contributed by atoms with Gasteiger partial charge in [-0.15, -0.1) is 0 Å². The van der Waals surface area contributed by atoms with E-state index in [2.05, 4.69) is 21.3 Å². The first-order valence-electron chi connectivity index (χ1n) is 15.9. The highest BCUT2D eigenvalue weighted by atomic mass is 16.5. The van der Waals surface area contributed by atoms with E-state index in [-0.39, 0.29) is 30.9 Å². The Morgan fingerprint density at radius 2 is 1.40 bits per heavy atom. The minimum Gasteiger partial charge on any atom is -0.445 e. The molecule has 3 rings (SSSR count). The van der Waals surface area contributed by atoms with Crippen LogP contribution >= 0.6 is 0 Å². The van der Waals surface area contributed by atoms with Crippen LogP contribution in [0.1, 0.15) is 71.4 Å². The summed E-state index contributed by atoms with van der Waals surface area (Å²) in [7, 11) is 0. The second kappa shape index (κ2) is 17.0. The van der Waals surface area contributed by atoms with Crippen LogP contribution in [0.25, 0.3) is 0 Å². The molecule has 0 spiro atoms. The molecule has 10 heteroatoms. The lowest BCUT2D eigenvalue weighted by Crippen LogP contribution is -2.57. The summed E-state index contributed by atoms with van der Waals surface area (Å²) in [4.78, 5) is 52.4. The minimum absolute atomic E-state index is 0.0634. The molecule has 1 fully saturated rings. The Bertz CT molecular complexity index is 1250. The number of rotatable bonds is 13. The van der Waals surface area contributed by atoms with Gasteiger partial charge in [-0.2, -0.15) is 0 Å². The van der Waals surface area contributed by atoms with Gasteiger partial charge in [0, 0.05) is 23.9 Å². The van der Waals surface area contributed by atoms with Gasteiger partial charge in [0.15, 0.2) is 0 Å². The number of hydrogen-bond donors (Lipinski definition) is 5. The van der Waals surface area contributed by atoms with Crippen LogP contribution in [-0.2, 0) is 32.1 Å². The molecule has 0 radical (unpaired) electrons. The number of ether oxygens (including phenoxy) is 1. The Balaban J connectivity index is 1.66. The van der Waals surface area contributed by atoms with Crippen molar-refractivity contribution in [1.82, 2.24) is 21.3 Å². The van der Waals surface area contributed by atoms with E-state index in [1.165, 1.54) is 0 Å². The molecular weight excluding hydrogens is 572 g/mol. The quantitative estimate of drug-likeness (QED) is 0.229. The number of carbonyl (C=O) groups excluding carboxylic acids is 4. The number of alkyl carbamates (subject to hydrolysis) is 1. The van der Waals surface area contributed by atoms with Crippen molar-refractivity contribution in [2.45, 2.75) is 97.1 Å². The first-order valence-corrected chi connectivity index (χ1v) is 15.9. The highest BCUT2D eigenvalue weighted by Crippen LogP contribution is 2.31. The summed E-state index contributed by atoms with van der Waals surface area (Å²) >= 11 is 0. The van der Waals surface area contributed by atoms with Gasteiger partial charge in [-0.3, -0.25) is 14.4 Å². The topological polar surface area (TPSA) is 146 Å². The standard InChI is InChI=1S/C35H50N4O6/c1-23(2)30(38-34(44)45-22-25-16-10-7-11-17-25)33(43)37-28(20-24-14-8-6-9-15-24)29(40)21-36-31(41)26-18-12-13-19-27(26)32(42)39-35(3,4)5/h6-11,14-17,23,26-30,40H,12-13,18-22H2,1-5H3,(H,36,41)(H,37,43)(H,38,44)(H,39,42)/t26?,27?,28-,29+,30-/m0/s1. The van der Waals surface area contributed by atoms with Gasteiger partial charge in [0.05, 0.1) is 12.1 Å². The van der Waals surface area contributed by atoms with Crippen molar-refractivity contribution in [3.05, 3.63) is 71.8 Å². The summed E-state index contributed by atoms with van der Waals surface area (Å²) < 4.78 is 5.33. The smallest absolute Gasteiger partial charge is 0.408 e. The molecule has 2 aromatic carbocycles. The van der Waals surface area contributed by atoms with Gasteiger partial charge in [0.25, 0.3) is 0 Å². The fraction of sp³-hybridized carbons (Fsp3) is 0.543. The van der Waals surface area contributed by atoms with Crippen LogP contribution in [0, 0.1) is 17.8 Å². The number of nitrogens with one attached hydrogen (secondary N) is 4. The number of benzene rings is 2.